The van der Waals surface area contributed by atoms with Gasteiger partial charge in [0.2, 0.25) is 0 Å². The number of aromatic nitrogens is 3. The van der Waals surface area contributed by atoms with Gasteiger partial charge in [0.25, 0.3) is 0 Å². The summed E-state index contributed by atoms with van der Waals surface area (Å²) < 4.78 is 1.74. The van der Waals surface area contributed by atoms with Crippen LogP contribution < -0.4 is 5.73 Å². The van der Waals surface area contributed by atoms with Gasteiger partial charge in [-0.1, -0.05) is 0 Å². The van der Waals surface area contributed by atoms with Crippen molar-refractivity contribution in [1.82, 2.24) is 14.8 Å². The van der Waals surface area contributed by atoms with E-state index in [0.29, 0.717) is 11.4 Å². The highest BCUT2D eigenvalue weighted by molar-refractivity contribution is 5.83. The predicted molar refractivity (Wildman–Crippen MR) is 68.0 cm³/mol. The Hall–Kier alpha value is -2.87. The molecule has 86 valence electrons. The average molecular weight is 235 g/mol. The molecular formula is C13H9N5. The molecule has 2 N–H and O–H groups in total. The van der Waals surface area contributed by atoms with Crippen molar-refractivity contribution >= 4 is 16.6 Å². The molecule has 0 atom stereocenters. The topological polar surface area (TPSA) is 80.5 Å². The van der Waals surface area contributed by atoms with Crippen molar-refractivity contribution in [2.45, 2.75) is 0 Å². The van der Waals surface area contributed by atoms with Gasteiger partial charge >= 0.3 is 0 Å². The molecule has 2 heterocycles. The minimum atomic E-state index is 0.361. The Bertz CT molecular complexity index is 766. The molecule has 0 aliphatic heterocycles. The maximum Gasteiger partial charge on any atom is 0.142 e. The van der Waals surface area contributed by atoms with Crippen LogP contribution in [0.25, 0.3) is 16.6 Å². The van der Waals surface area contributed by atoms with E-state index < -0.39 is 0 Å². The van der Waals surface area contributed by atoms with E-state index in [1.807, 2.05) is 24.3 Å². The van der Waals surface area contributed by atoms with Crippen molar-refractivity contribution in [3.63, 3.8) is 0 Å². The van der Waals surface area contributed by atoms with Crippen LogP contribution in [0.1, 0.15) is 5.69 Å². The van der Waals surface area contributed by atoms with Crippen LogP contribution in [0.4, 0.5) is 5.69 Å². The SMILES string of the molecule is N#Cc1cc(-n2ncc3ccc(N)cc32)ccn1. The first-order valence-electron chi connectivity index (χ1n) is 5.38. The van der Waals surface area contributed by atoms with E-state index in [0.717, 1.165) is 16.6 Å². The Morgan fingerprint density at radius 2 is 2.11 bits per heavy atom. The third-order valence-corrected chi connectivity index (χ3v) is 2.70. The van der Waals surface area contributed by atoms with E-state index in [2.05, 4.69) is 10.1 Å². The Labute approximate surface area is 103 Å². The van der Waals surface area contributed by atoms with E-state index in [9.17, 15) is 0 Å². The number of rotatable bonds is 1. The second-order valence-corrected chi connectivity index (χ2v) is 3.89. The van der Waals surface area contributed by atoms with Gasteiger partial charge in [-0.2, -0.15) is 10.4 Å². The van der Waals surface area contributed by atoms with Crippen LogP contribution in [0.2, 0.25) is 0 Å². The quantitative estimate of drug-likeness (QED) is 0.653. The molecular weight excluding hydrogens is 226 g/mol. The maximum atomic E-state index is 8.85. The standard InChI is InChI=1S/C13H9N5/c14-7-11-6-12(3-4-16-11)18-13-5-10(15)2-1-9(13)8-17-18/h1-6,8H,15H2. The molecule has 3 aromatic rings. The number of benzene rings is 1. The molecule has 0 unspecified atom stereocenters. The van der Waals surface area contributed by atoms with Gasteiger partial charge in [-0.15, -0.1) is 0 Å². The van der Waals surface area contributed by atoms with Gasteiger partial charge in [-0.05, 0) is 24.3 Å². The highest BCUT2D eigenvalue weighted by atomic mass is 15.3. The van der Waals surface area contributed by atoms with Gasteiger partial charge in [-0.25, -0.2) is 9.67 Å². The van der Waals surface area contributed by atoms with E-state index in [1.165, 1.54) is 0 Å². The van der Waals surface area contributed by atoms with Crippen molar-refractivity contribution in [3.05, 3.63) is 48.4 Å². The van der Waals surface area contributed by atoms with Crippen molar-refractivity contribution in [2.75, 3.05) is 5.73 Å². The Morgan fingerprint density at radius 3 is 2.94 bits per heavy atom. The summed E-state index contributed by atoms with van der Waals surface area (Å²) in [7, 11) is 0. The molecule has 5 nitrogen and oxygen atoms in total. The zero-order valence-electron chi connectivity index (χ0n) is 9.41. The largest absolute Gasteiger partial charge is 0.399 e. The summed E-state index contributed by atoms with van der Waals surface area (Å²) in [6.07, 6.45) is 3.36. The number of nitriles is 1. The predicted octanol–water partition coefficient (Wildman–Crippen LogP) is 1.87. The lowest BCUT2D eigenvalue weighted by Gasteiger charge is -2.03. The molecule has 0 bridgehead atoms. The molecule has 0 aliphatic carbocycles. The summed E-state index contributed by atoms with van der Waals surface area (Å²) >= 11 is 0. The van der Waals surface area contributed by atoms with Gasteiger partial charge in [-0.3, -0.25) is 0 Å². The Kier molecular flexibility index (Phi) is 2.21. The zero-order valence-corrected chi connectivity index (χ0v) is 9.41. The fourth-order valence-corrected chi connectivity index (χ4v) is 1.85. The minimum Gasteiger partial charge on any atom is -0.399 e. The molecule has 0 saturated carbocycles. The molecule has 2 aromatic heterocycles. The second kappa shape index (κ2) is 3.86. The average Bonchev–Trinajstić information content (AvgIpc) is 2.81. The molecule has 1 aromatic carbocycles. The molecule has 0 spiro atoms. The molecule has 0 radical (unpaired) electrons. The first kappa shape index (κ1) is 10.3. The number of fused-ring (bicyclic) bond motifs is 1. The highest BCUT2D eigenvalue weighted by Crippen LogP contribution is 2.20. The third kappa shape index (κ3) is 1.57. The normalized spacial score (nSPS) is 10.4. The minimum absolute atomic E-state index is 0.361. The van der Waals surface area contributed by atoms with Crippen LogP contribution in [0.3, 0.4) is 0 Å². The van der Waals surface area contributed by atoms with E-state index in [-0.39, 0.29) is 0 Å². The highest BCUT2D eigenvalue weighted by Gasteiger charge is 2.06. The molecule has 0 saturated heterocycles. The Morgan fingerprint density at radius 1 is 1.22 bits per heavy atom. The number of hydrogen-bond donors (Lipinski definition) is 1. The zero-order chi connectivity index (χ0) is 12.5. The fraction of sp³-hybridized carbons (Fsp3) is 0. The number of nitrogens with two attached hydrogens (primary N) is 1. The van der Waals surface area contributed by atoms with Crippen molar-refractivity contribution in [2.24, 2.45) is 0 Å². The van der Waals surface area contributed by atoms with Gasteiger partial charge in [0, 0.05) is 23.3 Å². The summed E-state index contributed by atoms with van der Waals surface area (Å²) in [6, 6.07) is 11.1. The number of pyridine rings is 1. The summed E-state index contributed by atoms with van der Waals surface area (Å²) in [5.74, 6) is 0. The van der Waals surface area contributed by atoms with Gasteiger partial charge < -0.3 is 5.73 Å². The summed E-state index contributed by atoms with van der Waals surface area (Å²) in [4.78, 5) is 3.94. The van der Waals surface area contributed by atoms with Crippen LogP contribution >= 0.6 is 0 Å². The number of nitrogens with zero attached hydrogens (tertiary/aromatic N) is 4. The lowest BCUT2D eigenvalue weighted by atomic mass is 10.2. The molecule has 0 amide bonds. The maximum absolute atomic E-state index is 8.85. The van der Waals surface area contributed by atoms with Crippen molar-refractivity contribution in [3.8, 4) is 11.8 Å². The van der Waals surface area contributed by atoms with Gasteiger partial charge in [0.15, 0.2) is 0 Å². The first-order valence-corrected chi connectivity index (χ1v) is 5.38. The van der Waals surface area contributed by atoms with E-state index >= 15 is 0 Å². The summed E-state index contributed by atoms with van der Waals surface area (Å²) in [5.41, 5.74) is 8.52. The van der Waals surface area contributed by atoms with E-state index in [4.69, 9.17) is 11.0 Å². The van der Waals surface area contributed by atoms with Crippen LogP contribution in [0.5, 0.6) is 0 Å². The second-order valence-electron chi connectivity index (χ2n) is 3.89. The fourth-order valence-electron chi connectivity index (χ4n) is 1.85. The number of nitrogen functional groups attached to an aromatic ring is 1. The molecule has 3 rings (SSSR count). The molecule has 0 aliphatic rings. The van der Waals surface area contributed by atoms with Crippen LogP contribution in [-0.4, -0.2) is 14.8 Å². The molecule has 0 fully saturated rings. The first-order chi connectivity index (χ1) is 8.78. The Balaban J connectivity index is 2.25. The van der Waals surface area contributed by atoms with Crippen LogP contribution in [0, 0.1) is 11.3 Å². The van der Waals surface area contributed by atoms with Crippen molar-refractivity contribution < 1.29 is 0 Å². The van der Waals surface area contributed by atoms with Crippen LogP contribution in [-0.2, 0) is 0 Å². The lowest BCUT2D eigenvalue weighted by molar-refractivity contribution is 0.906. The summed E-state index contributed by atoms with van der Waals surface area (Å²) in [6.45, 7) is 0. The van der Waals surface area contributed by atoms with Gasteiger partial charge in [0.1, 0.15) is 11.8 Å². The lowest BCUT2D eigenvalue weighted by Crippen LogP contribution is -1.97. The summed E-state index contributed by atoms with van der Waals surface area (Å²) in [5, 5.41) is 14.2. The van der Waals surface area contributed by atoms with Crippen molar-refractivity contribution in [1.29, 1.82) is 5.26 Å². The van der Waals surface area contributed by atoms with Crippen LogP contribution in [0.15, 0.2) is 42.7 Å². The molecule has 5 heteroatoms. The third-order valence-electron chi connectivity index (χ3n) is 2.70. The van der Waals surface area contributed by atoms with Gasteiger partial charge in [0.05, 0.1) is 17.4 Å². The number of hydrogen-bond acceptors (Lipinski definition) is 4. The number of anilines is 1. The monoisotopic (exact) mass is 235 g/mol. The smallest absolute Gasteiger partial charge is 0.142 e. The van der Waals surface area contributed by atoms with E-state index in [1.54, 1.807) is 29.2 Å². The molecule has 18 heavy (non-hydrogen) atoms.